The third-order valence-corrected chi connectivity index (χ3v) is 3.69. The van der Waals surface area contributed by atoms with Crippen molar-refractivity contribution in [3.05, 3.63) is 57.7 Å². The van der Waals surface area contributed by atoms with Crippen LogP contribution in [0.3, 0.4) is 0 Å². The van der Waals surface area contributed by atoms with Gasteiger partial charge < -0.3 is 20.4 Å². The first kappa shape index (κ1) is 17.8. The predicted octanol–water partition coefficient (Wildman–Crippen LogP) is 3.12. The largest absolute Gasteiger partial charge is 0.504 e. The van der Waals surface area contributed by atoms with Gasteiger partial charge in [-0.05, 0) is 35.9 Å². The van der Waals surface area contributed by atoms with Gasteiger partial charge in [0.1, 0.15) is 5.70 Å². The maximum atomic E-state index is 11.6. The molecular weight excluding hydrogens is 355 g/mol. The molecule has 0 aliphatic rings. The third kappa shape index (κ3) is 4.47. The lowest BCUT2D eigenvalue weighted by Crippen LogP contribution is -2.28. The molecule has 126 valence electrons. The Morgan fingerprint density at radius 1 is 1.21 bits per heavy atom. The molecule has 0 spiro atoms. The fraction of sp³-hybridized carbons (Fsp3) is 0.0625. The molecule has 0 radical (unpaired) electrons. The number of benzene rings is 2. The molecule has 0 saturated heterocycles. The van der Waals surface area contributed by atoms with E-state index in [0.717, 1.165) is 0 Å². The van der Waals surface area contributed by atoms with Gasteiger partial charge in [0.15, 0.2) is 17.2 Å². The summed E-state index contributed by atoms with van der Waals surface area (Å²) < 4.78 is 5.01. The number of phenols is 1. The van der Waals surface area contributed by atoms with E-state index in [1.165, 1.54) is 25.3 Å². The number of nitrogens with one attached hydrogen (secondary N) is 1. The number of halogens is 2. The van der Waals surface area contributed by atoms with Crippen molar-refractivity contribution in [1.29, 1.82) is 0 Å². The average Bonchev–Trinajstić information content (AvgIpc) is 2.55. The van der Waals surface area contributed by atoms with E-state index < -0.39 is 5.91 Å². The topological polar surface area (TPSA) is 93.8 Å². The van der Waals surface area contributed by atoms with Gasteiger partial charge in [0.25, 0.3) is 5.91 Å². The highest BCUT2D eigenvalue weighted by Gasteiger charge is 2.09. The summed E-state index contributed by atoms with van der Waals surface area (Å²) in [4.78, 5) is 16.8. The highest BCUT2D eigenvalue weighted by atomic mass is 35.5. The first-order valence-corrected chi connectivity index (χ1v) is 7.42. The molecule has 2 aromatic rings. The molecule has 0 aliphatic heterocycles. The Morgan fingerprint density at radius 3 is 2.58 bits per heavy atom. The number of carbonyl (C=O) groups is 1. The Hall–Kier alpha value is -2.57. The number of phenolic OH excluding ortho intramolecular Hbond substituents is 1. The van der Waals surface area contributed by atoms with E-state index in [4.69, 9.17) is 38.5 Å². The summed E-state index contributed by atoms with van der Waals surface area (Å²) in [7, 11) is 1.42. The highest BCUT2D eigenvalue weighted by Crippen LogP contribution is 2.28. The molecule has 0 aromatic heterocycles. The molecule has 2 rings (SSSR count). The molecule has 0 atom stereocenters. The zero-order valence-electron chi connectivity index (χ0n) is 12.5. The molecule has 6 nitrogen and oxygen atoms in total. The number of hydrogen-bond donors (Lipinski definition) is 3. The molecular formula is C16H14Cl2N2O4. The van der Waals surface area contributed by atoms with Crippen molar-refractivity contribution in [1.82, 2.24) is 5.48 Å². The van der Waals surface area contributed by atoms with Gasteiger partial charge in [-0.3, -0.25) is 4.79 Å². The molecule has 0 bridgehead atoms. The Bertz CT molecular complexity index is 794. The predicted molar refractivity (Wildman–Crippen MR) is 92.1 cm³/mol. The number of primary amides is 1. The minimum absolute atomic E-state index is 0.00573. The van der Waals surface area contributed by atoms with E-state index in [1.807, 2.05) is 0 Å². The van der Waals surface area contributed by atoms with Gasteiger partial charge in [-0.25, -0.2) is 5.48 Å². The summed E-state index contributed by atoms with van der Waals surface area (Å²) >= 11 is 11.7. The van der Waals surface area contributed by atoms with Crippen LogP contribution in [-0.4, -0.2) is 18.1 Å². The summed E-state index contributed by atoms with van der Waals surface area (Å²) in [6, 6.07) is 9.17. The fourth-order valence-electron chi connectivity index (χ4n) is 1.76. The average molecular weight is 369 g/mol. The first-order chi connectivity index (χ1) is 11.4. The fourth-order valence-corrected chi connectivity index (χ4v) is 2.04. The molecule has 8 heteroatoms. The second kappa shape index (κ2) is 7.81. The SMILES string of the molecule is COc1cc(/C=C(/NOc2ccc(Cl)c(Cl)c2)C(N)=O)ccc1O. The quantitative estimate of drug-likeness (QED) is 0.537. The molecule has 24 heavy (non-hydrogen) atoms. The van der Waals surface area contributed by atoms with Gasteiger partial charge in [0, 0.05) is 6.07 Å². The standard InChI is InChI=1S/C16H14Cl2N2O4/c1-23-15-7-9(2-5-14(15)21)6-13(16(19)22)20-24-10-3-4-11(17)12(18)8-10/h2-8,20-21H,1H3,(H2,19,22)/b13-6+. The lowest BCUT2D eigenvalue weighted by atomic mass is 10.1. The van der Waals surface area contributed by atoms with Crippen LogP contribution in [0.15, 0.2) is 42.1 Å². The molecule has 0 fully saturated rings. The molecule has 0 saturated carbocycles. The van der Waals surface area contributed by atoms with Crippen molar-refractivity contribution in [2.24, 2.45) is 5.73 Å². The second-order valence-electron chi connectivity index (χ2n) is 4.63. The van der Waals surface area contributed by atoms with E-state index in [0.29, 0.717) is 21.4 Å². The summed E-state index contributed by atoms with van der Waals surface area (Å²) in [5.74, 6) is -0.143. The maximum Gasteiger partial charge on any atom is 0.268 e. The van der Waals surface area contributed by atoms with Crippen molar-refractivity contribution in [3.8, 4) is 17.2 Å². The number of methoxy groups -OCH3 is 1. The Labute approximate surface area is 148 Å². The lowest BCUT2D eigenvalue weighted by Gasteiger charge is -2.10. The minimum Gasteiger partial charge on any atom is -0.504 e. The number of ether oxygens (including phenoxy) is 1. The van der Waals surface area contributed by atoms with Gasteiger partial charge in [-0.15, -0.1) is 0 Å². The van der Waals surface area contributed by atoms with E-state index in [1.54, 1.807) is 24.3 Å². The number of rotatable bonds is 6. The summed E-state index contributed by atoms with van der Waals surface area (Å²) in [6.07, 6.45) is 1.45. The van der Waals surface area contributed by atoms with Crippen LogP contribution in [0.25, 0.3) is 6.08 Å². The van der Waals surface area contributed by atoms with Gasteiger partial charge in [0.05, 0.1) is 17.2 Å². The van der Waals surface area contributed by atoms with E-state index in [-0.39, 0.29) is 17.2 Å². The maximum absolute atomic E-state index is 11.6. The summed E-state index contributed by atoms with van der Waals surface area (Å²) in [6.45, 7) is 0. The molecule has 2 aromatic carbocycles. The Balaban J connectivity index is 2.19. The summed E-state index contributed by atoms with van der Waals surface area (Å²) in [5, 5.41) is 10.3. The smallest absolute Gasteiger partial charge is 0.268 e. The Kier molecular flexibility index (Phi) is 5.78. The van der Waals surface area contributed by atoms with E-state index in [9.17, 15) is 9.90 Å². The van der Waals surface area contributed by atoms with Crippen LogP contribution in [0.4, 0.5) is 0 Å². The highest BCUT2D eigenvalue weighted by molar-refractivity contribution is 6.42. The number of nitrogens with two attached hydrogens (primary N) is 1. The number of amides is 1. The van der Waals surface area contributed by atoms with Gasteiger partial charge in [-0.2, -0.15) is 0 Å². The Morgan fingerprint density at radius 2 is 1.96 bits per heavy atom. The van der Waals surface area contributed by atoms with Crippen molar-refractivity contribution < 1.29 is 19.5 Å². The van der Waals surface area contributed by atoms with Crippen LogP contribution >= 0.6 is 23.2 Å². The number of carbonyl (C=O) groups excluding carboxylic acids is 1. The van der Waals surface area contributed by atoms with Crippen molar-refractivity contribution in [2.75, 3.05) is 7.11 Å². The van der Waals surface area contributed by atoms with Gasteiger partial charge in [-0.1, -0.05) is 29.3 Å². The zero-order valence-corrected chi connectivity index (χ0v) is 14.1. The monoisotopic (exact) mass is 368 g/mol. The third-order valence-electron chi connectivity index (χ3n) is 2.95. The van der Waals surface area contributed by atoms with E-state index >= 15 is 0 Å². The number of hydrogen-bond acceptors (Lipinski definition) is 5. The number of hydroxylamine groups is 1. The molecule has 0 heterocycles. The van der Waals surface area contributed by atoms with Gasteiger partial charge >= 0.3 is 0 Å². The number of aromatic hydroxyl groups is 1. The van der Waals surface area contributed by atoms with Crippen molar-refractivity contribution in [3.63, 3.8) is 0 Å². The van der Waals surface area contributed by atoms with Crippen molar-refractivity contribution >= 4 is 35.2 Å². The molecule has 0 aliphatic carbocycles. The van der Waals surface area contributed by atoms with Crippen LogP contribution in [0.2, 0.25) is 10.0 Å². The van der Waals surface area contributed by atoms with Crippen LogP contribution in [-0.2, 0) is 4.79 Å². The van der Waals surface area contributed by atoms with Crippen LogP contribution in [0.5, 0.6) is 17.2 Å². The van der Waals surface area contributed by atoms with Crippen LogP contribution in [0, 0.1) is 0 Å². The van der Waals surface area contributed by atoms with Gasteiger partial charge in [0.2, 0.25) is 0 Å². The normalized spacial score (nSPS) is 11.0. The zero-order chi connectivity index (χ0) is 17.7. The van der Waals surface area contributed by atoms with E-state index in [2.05, 4.69) is 5.48 Å². The molecule has 1 amide bonds. The summed E-state index contributed by atoms with van der Waals surface area (Å²) in [5.41, 5.74) is 8.36. The first-order valence-electron chi connectivity index (χ1n) is 6.67. The molecule has 4 N–H and O–H groups in total. The minimum atomic E-state index is -0.734. The van der Waals surface area contributed by atoms with Crippen molar-refractivity contribution in [2.45, 2.75) is 0 Å². The van der Waals surface area contributed by atoms with Crippen LogP contribution in [0.1, 0.15) is 5.56 Å². The lowest BCUT2D eigenvalue weighted by molar-refractivity contribution is -0.115. The van der Waals surface area contributed by atoms with Crippen LogP contribution < -0.4 is 20.8 Å². The second-order valence-corrected chi connectivity index (χ2v) is 5.45. The molecule has 0 unspecified atom stereocenters.